The molecule has 1 aromatic rings. The van der Waals surface area contributed by atoms with Gasteiger partial charge in [0, 0.05) is 5.92 Å². The van der Waals surface area contributed by atoms with Crippen molar-refractivity contribution < 1.29 is 4.79 Å². The maximum atomic E-state index is 10.6. The van der Waals surface area contributed by atoms with Gasteiger partial charge < -0.3 is 4.79 Å². The highest BCUT2D eigenvalue weighted by atomic mass is 16.1. The van der Waals surface area contributed by atoms with E-state index in [1.807, 2.05) is 6.92 Å². The Labute approximate surface area is 86.1 Å². The lowest BCUT2D eigenvalue weighted by molar-refractivity contribution is -0.110. The molecule has 1 aromatic carbocycles. The first kappa shape index (κ1) is 11.0. The van der Waals surface area contributed by atoms with Crippen LogP contribution in [0.1, 0.15) is 30.5 Å². The molecule has 1 nitrogen and oxygen atoms in total. The Morgan fingerprint density at radius 1 is 1.36 bits per heavy atom. The third kappa shape index (κ3) is 2.69. The second-order valence-corrected chi connectivity index (χ2v) is 3.94. The number of carbonyl (C=O) groups excluding carboxylic acids is 1. The third-order valence-electron chi connectivity index (χ3n) is 2.52. The van der Waals surface area contributed by atoms with Crippen molar-refractivity contribution in [2.24, 2.45) is 5.92 Å². The fraction of sp³-hybridized carbons (Fsp3) is 0.462. The van der Waals surface area contributed by atoms with Crippen molar-refractivity contribution in [2.75, 3.05) is 0 Å². The van der Waals surface area contributed by atoms with Crippen LogP contribution in [0.5, 0.6) is 0 Å². The minimum absolute atomic E-state index is 0.128. The van der Waals surface area contributed by atoms with Gasteiger partial charge in [0.25, 0.3) is 0 Å². The molecule has 0 heterocycles. The lowest BCUT2D eigenvalue weighted by atomic mass is 9.95. The van der Waals surface area contributed by atoms with E-state index in [0.717, 1.165) is 19.1 Å². The largest absolute Gasteiger partial charge is 0.303 e. The second-order valence-electron chi connectivity index (χ2n) is 3.94. The van der Waals surface area contributed by atoms with Crippen LogP contribution in [-0.2, 0) is 17.6 Å². The number of aryl methyl sites for hydroxylation is 2. The number of rotatable bonds is 4. The Balaban J connectivity index is 2.90. The van der Waals surface area contributed by atoms with Crippen molar-refractivity contribution in [3.63, 3.8) is 0 Å². The molecule has 0 N–H and O–H groups in total. The minimum atomic E-state index is 0.128. The van der Waals surface area contributed by atoms with Gasteiger partial charge in [-0.2, -0.15) is 0 Å². The minimum Gasteiger partial charge on any atom is -0.303 e. The van der Waals surface area contributed by atoms with Crippen LogP contribution in [0.3, 0.4) is 0 Å². The standard InChI is InChI=1S/C13H18O/c1-4-12-7-10(2)5-6-13(12)8-11(3)9-14/h5-7,9,11H,4,8H2,1-3H3. The van der Waals surface area contributed by atoms with Crippen molar-refractivity contribution in [3.05, 3.63) is 34.9 Å². The van der Waals surface area contributed by atoms with Gasteiger partial charge in [0.1, 0.15) is 6.29 Å². The van der Waals surface area contributed by atoms with E-state index in [4.69, 9.17) is 0 Å². The maximum Gasteiger partial charge on any atom is 0.123 e. The van der Waals surface area contributed by atoms with Gasteiger partial charge >= 0.3 is 0 Å². The summed E-state index contributed by atoms with van der Waals surface area (Å²) >= 11 is 0. The Kier molecular flexibility index (Phi) is 3.87. The van der Waals surface area contributed by atoms with Crippen LogP contribution in [0.15, 0.2) is 18.2 Å². The Morgan fingerprint density at radius 3 is 2.64 bits per heavy atom. The van der Waals surface area contributed by atoms with Crippen LogP contribution < -0.4 is 0 Å². The quantitative estimate of drug-likeness (QED) is 0.667. The normalized spacial score (nSPS) is 12.5. The summed E-state index contributed by atoms with van der Waals surface area (Å²) in [5, 5.41) is 0. The van der Waals surface area contributed by atoms with E-state index < -0.39 is 0 Å². The van der Waals surface area contributed by atoms with Gasteiger partial charge in [-0.15, -0.1) is 0 Å². The number of hydrogen-bond acceptors (Lipinski definition) is 1. The predicted molar refractivity (Wildman–Crippen MR) is 59.5 cm³/mol. The van der Waals surface area contributed by atoms with Crippen molar-refractivity contribution >= 4 is 6.29 Å². The number of benzene rings is 1. The highest BCUT2D eigenvalue weighted by Crippen LogP contribution is 2.15. The Morgan fingerprint density at radius 2 is 2.07 bits per heavy atom. The molecule has 0 bridgehead atoms. The van der Waals surface area contributed by atoms with Crippen LogP contribution in [0.25, 0.3) is 0 Å². The summed E-state index contributed by atoms with van der Waals surface area (Å²) in [6, 6.07) is 6.48. The lowest BCUT2D eigenvalue weighted by Crippen LogP contribution is -2.03. The highest BCUT2D eigenvalue weighted by Gasteiger charge is 2.05. The van der Waals surface area contributed by atoms with Crippen molar-refractivity contribution in [3.8, 4) is 0 Å². The van der Waals surface area contributed by atoms with Gasteiger partial charge in [-0.1, -0.05) is 37.6 Å². The van der Waals surface area contributed by atoms with Crippen molar-refractivity contribution in [1.82, 2.24) is 0 Å². The molecule has 1 heteroatoms. The molecule has 0 amide bonds. The SMILES string of the molecule is CCc1cc(C)ccc1CC(C)C=O. The van der Waals surface area contributed by atoms with E-state index in [0.29, 0.717) is 0 Å². The van der Waals surface area contributed by atoms with Crippen LogP contribution in [0, 0.1) is 12.8 Å². The Bertz CT molecular complexity index is 315. The first-order chi connectivity index (χ1) is 6.67. The summed E-state index contributed by atoms with van der Waals surface area (Å²) in [6.07, 6.45) is 2.94. The number of hydrogen-bond donors (Lipinski definition) is 0. The fourth-order valence-electron chi connectivity index (χ4n) is 1.68. The second kappa shape index (κ2) is 4.94. The van der Waals surface area contributed by atoms with E-state index in [-0.39, 0.29) is 5.92 Å². The number of carbonyl (C=O) groups is 1. The topological polar surface area (TPSA) is 17.1 Å². The van der Waals surface area contributed by atoms with Crippen molar-refractivity contribution in [1.29, 1.82) is 0 Å². The van der Waals surface area contributed by atoms with E-state index in [2.05, 4.69) is 32.0 Å². The van der Waals surface area contributed by atoms with Crippen molar-refractivity contribution in [2.45, 2.75) is 33.6 Å². The molecular formula is C13H18O. The molecular weight excluding hydrogens is 172 g/mol. The summed E-state index contributed by atoms with van der Waals surface area (Å²) in [4.78, 5) is 10.6. The molecule has 0 aromatic heterocycles. The maximum absolute atomic E-state index is 10.6. The molecule has 1 unspecified atom stereocenters. The van der Waals surface area contributed by atoms with E-state index in [9.17, 15) is 4.79 Å². The summed E-state index contributed by atoms with van der Waals surface area (Å²) in [7, 11) is 0. The molecule has 0 spiro atoms. The fourth-order valence-corrected chi connectivity index (χ4v) is 1.68. The smallest absolute Gasteiger partial charge is 0.123 e. The predicted octanol–water partition coefficient (Wildman–Crippen LogP) is 2.93. The highest BCUT2D eigenvalue weighted by molar-refractivity contribution is 5.54. The zero-order valence-corrected chi connectivity index (χ0v) is 9.21. The monoisotopic (exact) mass is 190 g/mol. The van der Waals surface area contributed by atoms with Crippen LogP contribution in [0.4, 0.5) is 0 Å². The van der Waals surface area contributed by atoms with E-state index in [1.165, 1.54) is 16.7 Å². The van der Waals surface area contributed by atoms with E-state index >= 15 is 0 Å². The lowest BCUT2D eigenvalue weighted by Gasteiger charge is -2.10. The molecule has 0 aliphatic carbocycles. The molecule has 76 valence electrons. The molecule has 0 aliphatic rings. The molecule has 14 heavy (non-hydrogen) atoms. The third-order valence-corrected chi connectivity index (χ3v) is 2.52. The van der Waals surface area contributed by atoms with Crippen LogP contribution in [-0.4, -0.2) is 6.29 Å². The summed E-state index contributed by atoms with van der Waals surface area (Å²) in [5.41, 5.74) is 3.99. The van der Waals surface area contributed by atoms with Gasteiger partial charge in [-0.05, 0) is 30.9 Å². The summed E-state index contributed by atoms with van der Waals surface area (Å²) < 4.78 is 0. The first-order valence-corrected chi connectivity index (χ1v) is 5.21. The average Bonchev–Trinajstić information content (AvgIpc) is 2.20. The summed E-state index contributed by atoms with van der Waals surface area (Å²) in [6.45, 7) is 6.22. The van der Waals surface area contributed by atoms with Gasteiger partial charge in [-0.25, -0.2) is 0 Å². The Hall–Kier alpha value is -1.11. The van der Waals surface area contributed by atoms with E-state index in [1.54, 1.807) is 0 Å². The van der Waals surface area contributed by atoms with Gasteiger partial charge in [0.2, 0.25) is 0 Å². The molecule has 0 radical (unpaired) electrons. The zero-order chi connectivity index (χ0) is 10.6. The molecule has 0 saturated heterocycles. The van der Waals surface area contributed by atoms with Crippen LogP contribution in [0.2, 0.25) is 0 Å². The average molecular weight is 190 g/mol. The van der Waals surface area contributed by atoms with Gasteiger partial charge in [0.15, 0.2) is 0 Å². The molecule has 0 aliphatic heterocycles. The molecule has 1 rings (SSSR count). The molecule has 1 atom stereocenters. The first-order valence-electron chi connectivity index (χ1n) is 5.21. The van der Waals surface area contributed by atoms with Gasteiger partial charge in [0.05, 0.1) is 0 Å². The van der Waals surface area contributed by atoms with Gasteiger partial charge in [-0.3, -0.25) is 0 Å². The molecule has 0 fully saturated rings. The molecule has 0 saturated carbocycles. The zero-order valence-electron chi connectivity index (χ0n) is 9.21. The summed E-state index contributed by atoms with van der Waals surface area (Å²) in [5.74, 6) is 0.128. The number of aldehydes is 1. The van der Waals surface area contributed by atoms with Crippen LogP contribution >= 0.6 is 0 Å².